The maximum absolute atomic E-state index is 13.7. The third kappa shape index (κ3) is 2.41. The number of primary sulfonamides is 1. The van der Waals surface area contributed by atoms with E-state index in [9.17, 15) is 12.8 Å². The van der Waals surface area contributed by atoms with Crippen LogP contribution < -0.4 is 10.0 Å². The Kier molecular flexibility index (Phi) is 3.07. The Balaban J connectivity index is 2.22. The molecule has 3 N–H and O–H groups in total. The normalized spacial score (nSPS) is 17.0. The molecule has 2 rings (SSSR count). The minimum atomic E-state index is -3.87. The maximum Gasteiger partial charge on any atom is 0.238 e. The third-order valence-electron chi connectivity index (χ3n) is 2.80. The molecule has 1 aliphatic rings. The van der Waals surface area contributed by atoms with E-state index in [2.05, 4.69) is 0 Å². The molecule has 0 spiro atoms. The molecule has 1 fully saturated rings. The number of aliphatic hydroxyl groups excluding tert-OH is 1. The van der Waals surface area contributed by atoms with Crippen molar-refractivity contribution in [1.29, 1.82) is 0 Å². The number of sulfonamides is 1. The monoisotopic (exact) mass is 260 g/mol. The van der Waals surface area contributed by atoms with Crippen molar-refractivity contribution in [2.75, 3.05) is 24.6 Å². The lowest BCUT2D eigenvalue weighted by Crippen LogP contribution is -2.48. The summed E-state index contributed by atoms with van der Waals surface area (Å²) in [4.78, 5) is 1.50. The summed E-state index contributed by atoms with van der Waals surface area (Å²) in [5.74, 6) is -0.458. The predicted molar refractivity (Wildman–Crippen MR) is 60.6 cm³/mol. The SMILES string of the molecule is NS(=O)(=O)c1ccc(N2CC(CO)C2)c(F)c1. The van der Waals surface area contributed by atoms with Crippen LogP contribution in [0.4, 0.5) is 10.1 Å². The van der Waals surface area contributed by atoms with E-state index in [1.165, 1.54) is 12.1 Å². The van der Waals surface area contributed by atoms with E-state index < -0.39 is 15.8 Å². The van der Waals surface area contributed by atoms with Crippen LogP contribution in [0.2, 0.25) is 0 Å². The highest BCUT2D eigenvalue weighted by atomic mass is 32.2. The summed E-state index contributed by atoms with van der Waals surface area (Å²) >= 11 is 0. The van der Waals surface area contributed by atoms with E-state index in [1.807, 2.05) is 0 Å². The summed E-state index contributed by atoms with van der Waals surface area (Å²) in [6, 6.07) is 3.58. The van der Waals surface area contributed by atoms with Gasteiger partial charge in [-0.05, 0) is 18.2 Å². The molecule has 0 unspecified atom stereocenters. The summed E-state index contributed by atoms with van der Waals surface area (Å²) in [5, 5.41) is 13.8. The van der Waals surface area contributed by atoms with Crippen molar-refractivity contribution in [3.63, 3.8) is 0 Å². The number of anilines is 1. The highest BCUT2D eigenvalue weighted by molar-refractivity contribution is 7.89. The number of benzene rings is 1. The van der Waals surface area contributed by atoms with E-state index in [-0.39, 0.29) is 17.4 Å². The summed E-state index contributed by atoms with van der Waals surface area (Å²) in [5.41, 5.74) is 0.335. The molecule has 0 aliphatic carbocycles. The molecule has 17 heavy (non-hydrogen) atoms. The molecule has 0 bridgehead atoms. The molecule has 7 heteroatoms. The first-order chi connectivity index (χ1) is 7.91. The second kappa shape index (κ2) is 4.25. The second-order valence-electron chi connectivity index (χ2n) is 4.11. The highest BCUT2D eigenvalue weighted by Gasteiger charge is 2.28. The summed E-state index contributed by atoms with van der Waals surface area (Å²) < 4.78 is 35.7. The summed E-state index contributed by atoms with van der Waals surface area (Å²) in [6.07, 6.45) is 0. The Morgan fingerprint density at radius 1 is 1.47 bits per heavy atom. The van der Waals surface area contributed by atoms with Crippen LogP contribution in [0.1, 0.15) is 0 Å². The Morgan fingerprint density at radius 2 is 2.12 bits per heavy atom. The van der Waals surface area contributed by atoms with Crippen LogP contribution in [0, 0.1) is 11.7 Å². The molecule has 0 aromatic heterocycles. The molecule has 0 saturated carbocycles. The van der Waals surface area contributed by atoms with Gasteiger partial charge in [0.1, 0.15) is 5.82 Å². The average molecular weight is 260 g/mol. The lowest BCUT2D eigenvalue weighted by atomic mass is 10.0. The predicted octanol–water partition coefficient (Wildman–Crippen LogP) is -0.0984. The van der Waals surface area contributed by atoms with Gasteiger partial charge in [-0.15, -0.1) is 0 Å². The van der Waals surface area contributed by atoms with Gasteiger partial charge in [0.2, 0.25) is 10.0 Å². The zero-order chi connectivity index (χ0) is 12.6. The molecule has 1 aromatic carbocycles. The molecular weight excluding hydrogens is 247 g/mol. The van der Waals surface area contributed by atoms with Crippen LogP contribution in [0.5, 0.6) is 0 Å². The van der Waals surface area contributed by atoms with E-state index >= 15 is 0 Å². The van der Waals surface area contributed by atoms with Gasteiger partial charge in [-0.3, -0.25) is 0 Å². The standard InChI is InChI=1S/C10H13FN2O3S/c11-9-3-8(17(12,15)16)1-2-10(9)13-4-7(5-13)6-14/h1-3,7,14H,4-6H2,(H2,12,15,16). The summed E-state index contributed by atoms with van der Waals surface area (Å²) in [6.45, 7) is 1.22. The van der Waals surface area contributed by atoms with Crippen molar-refractivity contribution < 1.29 is 17.9 Å². The number of nitrogens with two attached hydrogens (primary N) is 1. The fraction of sp³-hybridized carbons (Fsp3) is 0.400. The molecule has 0 atom stereocenters. The topological polar surface area (TPSA) is 83.6 Å². The van der Waals surface area contributed by atoms with Gasteiger partial charge in [-0.1, -0.05) is 0 Å². The second-order valence-corrected chi connectivity index (χ2v) is 5.67. The third-order valence-corrected chi connectivity index (χ3v) is 3.71. The van der Waals surface area contributed by atoms with Crippen molar-refractivity contribution in [3.8, 4) is 0 Å². The Morgan fingerprint density at radius 3 is 2.59 bits per heavy atom. The molecule has 0 radical (unpaired) electrons. The Labute approximate surface area is 98.7 Å². The van der Waals surface area contributed by atoms with Gasteiger partial charge in [-0.25, -0.2) is 17.9 Å². The van der Waals surface area contributed by atoms with Gasteiger partial charge in [0.05, 0.1) is 10.6 Å². The smallest absolute Gasteiger partial charge is 0.238 e. The minimum absolute atomic E-state index is 0.0768. The van der Waals surface area contributed by atoms with Gasteiger partial charge in [0.25, 0.3) is 0 Å². The number of rotatable bonds is 3. The molecule has 1 aliphatic heterocycles. The van der Waals surface area contributed by atoms with E-state index in [4.69, 9.17) is 10.2 Å². The summed E-state index contributed by atoms with van der Waals surface area (Å²) in [7, 11) is -3.87. The minimum Gasteiger partial charge on any atom is -0.396 e. The van der Waals surface area contributed by atoms with Gasteiger partial charge in [-0.2, -0.15) is 0 Å². The lowest BCUT2D eigenvalue weighted by molar-refractivity contribution is 0.200. The van der Waals surface area contributed by atoms with Crippen molar-refractivity contribution in [2.24, 2.45) is 11.1 Å². The van der Waals surface area contributed by atoms with E-state index in [1.54, 1.807) is 4.90 Å². The van der Waals surface area contributed by atoms with Gasteiger partial charge >= 0.3 is 0 Å². The molecule has 1 aromatic rings. The van der Waals surface area contributed by atoms with Crippen molar-refractivity contribution in [1.82, 2.24) is 0 Å². The Bertz CT molecular complexity index is 526. The van der Waals surface area contributed by atoms with Crippen LogP contribution >= 0.6 is 0 Å². The van der Waals surface area contributed by atoms with Gasteiger partial charge in [0, 0.05) is 25.6 Å². The molecule has 0 amide bonds. The van der Waals surface area contributed by atoms with Gasteiger partial charge in [0.15, 0.2) is 0 Å². The molecule has 1 heterocycles. The first kappa shape index (κ1) is 12.3. The quantitative estimate of drug-likeness (QED) is 0.795. The molecule has 1 saturated heterocycles. The van der Waals surface area contributed by atoms with Crippen molar-refractivity contribution >= 4 is 15.7 Å². The van der Waals surface area contributed by atoms with E-state index in [0.29, 0.717) is 18.8 Å². The van der Waals surface area contributed by atoms with Crippen LogP contribution in [-0.2, 0) is 10.0 Å². The Hall–Kier alpha value is -1.18. The molecule has 5 nitrogen and oxygen atoms in total. The fourth-order valence-corrected chi connectivity index (χ4v) is 2.33. The average Bonchev–Trinajstić information content (AvgIpc) is 2.17. The maximum atomic E-state index is 13.7. The number of halogens is 1. The van der Waals surface area contributed by atoms with Crippen LogP contribution in [0.15, 0.2) is 23.1 Å². The first-order valence-electron chi connectivity index (χ1n) is 5.10. The highest BCUT2D eigenvalue weighted by Crippen LogP contribution is 2.28. The number of hydrogen-bond donors (Lipinski definition) is 2. The number of nitrogens with zero attached hydrogens (tertiary/aromatic N) is 1. The van der Waals surface area contributed by atoms with Crippen molar-refractivity contribution in [2.45, 2.75) is 4.90 Å². The first-order valence-corrected chi connectivity index (χ1v) is 6.64. The van der Waals surface area contributed by atoms with Gasteiger partial charge < -0.3 is 10.0 Å². The molecule has 94 valence electrons. The fourth-order valence-electron chi connectivity index (χ4n) is 1.80. The number of hydrogen-bond acceptors (Lipinski definition) is 4. The van der Waals surface area contributed by atoms with Crippen LogP contribution in [-0.4, -0.2) is 33.2 Å². The van der Waals surface area contributed by atoms with Crippen molar-refractivity contribution in [3.05, 3.63) is 24.0 Å². The zero-order valence-electron chi connectivity index (χ0n) is 9.01. The van der Waals surface area contributed by atoms with Crippen LogP contribution in [0.25, 0.3) is 0 Å². The molecular formula is C10H13FN2O3S. The number of aliphatic hydroxyl groups is 1. The van der Waals surface area contributed by atoms with E-state index in [0.717, 1.165) is 6.07 Å². The zero-order valence-corrected chi connectivity index (χ0v) is 9.82. The largest absolute Gasteiger partial charge is 0.396 e. The lowest BCUT2D eigenvalue weighted by Gasteiger charge is -2.40. The van der Waals surface area contributed by atoms with Crippen LogP contribution in [0.3, 0.4) is 0 Å².